The summed E-state index contributed by atoms with van der Waals surface area (Å²) in [5, 5.41) is 3.47. The highest BCUT2D eigenvalue weighted by Crippen LogP contribution is 2.34. The largest absolute Gasteiger partial charge is 0.381 e. The monoisotopic (exact) mass is 169 g/mol. The van der Waals surface area contributed by atoms with E-state index in [4.69, 9.17) is 4.74 Å². The van der Waals surface area contributed by atoms with Crippen LogP contribution in [0.5, 0.6) is 0 Å². The molecule has 2 fully saturated rings. The van der Waals surface area contributed by atoms with Crippen molar-refractivity contribution in [1.82, 2.24) is 5.32 Å². The van der Waals surface area contributed by atoms with Gasteiger partial charge >= 0.3 is 0 Å². The second-order valence-electron chi connectivity index (χ2n) is 4.18. The zero-order chi connectivity index (χ0) is 8.39. The van der Waals surface area contributed by atoms with Crippen molar-refractivity contribution in [1.29, 1.82) is 0 Å². The molecule has 3 atom stereocenters. The van der Waals surface area contributed by atoms with E-state index in [1.165, 1.54) is 38.8 Å². The summed E-state index contributed by atoms with van der Waals surface area (Å²) in [7, 11) is 1.85. The minimum atomic E-state index is 0.547. The average Bonchev–Trinajstić information content (AvgIpc) is 2.17. The number of ether oxygens (including phenoxy) is 1. The molecule has 0 radical (unpaired) electrons. The molecule has 3 unspecified atom stereocenters. The maximum Gasteiger partial charge on any atom is 0.0574 e. The summed E-state index contributed by atoms with van der Waals surface area (Å²) < 4.78 is 5.41. The van der Waals surface area contributed by atoms with E-state index in [1.807, 2.05) is 7.11 Å². The van der Waals surface area contributed by atoms with Gasteiger partial charge in [0.1, 0.15) is 0 Å². The van der Waals surface area contributed by atoms with Crippen LogP contribution in [0.25, 0.3) is 0 Å². The summed E-state index contributed by atoms with van der Waals surface area (Å²) in [6.45, 7) is 2.46. The topological polar surface area (TPSA) is 21.3 Å². The van der Waals surface area contributed by atoms with E-state index in [0.717, 1.165) is 11.8 Å². The Morgan fingerprint density at radius 1 is 1.17 bits per heavy atom. The Balaban J connectivity index is 1.90. The number of nitrogens with one attached hydrogen (secondary N) is 1. The summed E-state index contributed by atoms with van der Waals surface area (Å²) >= 11 is 0. The third kappa shape index (κ3) is 1.64. The van der Waals surface area contributed by atoms with Gasteiger partial charge < -0.3 is 10.1 Å². The van der Waals surface area contributed by atoms with Gasteiger partial charge in [-0.3, -0.25) is 0 Å². The summed E-state index contributed by atoms with van der Waals surface area (Å²) in [5.74, 6) is 1.90. The van der Waals surface area contributed by atoms with Gasteiger partial charge in [0.2, 0.25) is 0 Å². The second kappa shape index (κ2) is 3.75. The number of rotatable bonds is 1. The molecule has 2 rings (SSSR count). The lowest BCUT2D eigenvalue weighted by molar-refractivity contribution is 0.0200. The van der Waals surface area contributed by atoms with E-state index in [2.05, 4.69) is 5.32 Å². The summed E-state index contributed by atoms with van der Waals surface area (Å²) in [6, 6.07) is 0. The second-order valence-corrected chi connectivity index (χ2v) is 4.18. The molecular formula is C10H19NO. The highest BCUT2D eigenvalue weighted by molar-refractivity contribution is 4.85. The number of piperidine rings is 1. The zero-order valence-corrected chi connectivity index (χ0v) is 7.88. The van der Waals surface area contributed by atoms with E-state index in [1.54, 1.807) is 0 Å². The van der Waals surface area contributed by atoms with Crippen LogP contribution in [0.4, 0.5) is 0 Å². The molecule has 0 bridgehead atoms. The molecule has 1 aliphatic heterocycles. The van der Waals surface area contributed by atoms with Crippen LogP contribution in [-0.4, -0.2) is 26.3 Å². The van der Waals surface area contributed by atoms with E-state index >= 15 is 0 Å². The molecule has 12 heavy (non-hydrogen) atoms. The Morgan fingerprint density at radius 2 is 2.08 bits per heavy atom. The van der Waals surface area contributed by atoms with Crippen molar-refractivity contribution < 1.29 is 4.74 Å². The van der Waals surface area contributed by atoms with Gasteiger partial charge in [-0.25, -0.2) is 0 Å². The fraction of sp³-hybridized carbons (Fsp3) is 1.00. The van der Waals surface area contributed by atoms with Gasteiger partial charge in [-0.2, -0.15) is 0 Å². The third-order valence-electron chi connectivity index (χ3n) is 3.52. The zero-order valence-electron chi connectivity index (χ0n) is 7.88. The lowest BCUT2D eigenvalue weighted by atomic mass is 9.74. The van der Waals surface area contributed by atoms with Crippen molar-refractivity contribution in [3.63, 3.8) is 0 Å². The molecule has 1 saturated carbocycles. The average molecular weight is 169 g/mol. The minimum absolute atomic E-state index is 0.547. The number of methoxy groups -OCH3 is 1. The lowest BCUT2D eigenvalue weighted by Gasteiger charge is -2.39. The Bertz CT molecular complexity index is 149. The van der Waals surface area contributed by atoms with Gasteiger partial charge in [-0.05, 0) is 50.6 Å². The molecule has 2 aliphatic rings. The van der Waals surface area contributed by atoms with Gasteiger partial charge in [0.25, 0.3) is 0 Å². The van der Waals surface area contributed by atoms with Crippen LogP contribution < -0.4 is 5.32 Å². The van der Waals surface area contributed by atoms with E-state index in [0.29, 0.717) is 6.10 Å². The molecular weight excluding hydrogens is 150 g/mol. The lowest BCUT2D eigenvalue weighted by Crippen LogP contribution is -2.41. The van der Waals surface area contributed by atoms with Gasteiger partial charge in [0.05, 0.1) is 6.10 Å². The summed E-state index contributed by atoms with van der Waals surface area (Å²) in [5.41, 5.74) is 0. The SMILES string of the molecule is COC1CCC2CCNCC2C1. The number of fused-ring (bicyclic) bond motifs is 1. The van der Waals surface area contributed by atoms with Crippen LogP contribution >= 0.6 is 0 Å². The van der Waals surface area contributed by atoms with Crippen LogP contribution in [0.3, 0.4) is 0 Å². The Morgan fingerprint density at radius 3 is 2.92 bits per heavy atom. The van der Waals surface area contributed by atoms with E-state index in [-0.39, 0.29) is 0 Å². The fourth-order valence-electron chi connectivity index (χ4n) is 2.70. The molecule has 0 amide bonds. The molecule has 1 N–H and O–H groups in total. The highest BCUT2D eigenvalue weighted by atomic mass is 16.5. The van der Waals surface area contributed by atoms with Gasteiger partial charge in [0.15, 0.2) is 0 Å². The molecule has 1 heterocycles. The van der Waals surface area contributed by atoms with Gasteiger partial charge in [0, 0.05) is 7.11 Å². The van der Waals surface area contributed by atoms with Gasteiger partial charge in [-0.1, -0.05) is 0 Å². The number of hydrogen-bond donors (Lipinski definition) is 1. The Labute approximate surface area is 74.7 Å². The molecule has 1 aliphatic carbocycles. The van der Waals surface area contributed by atoms with Crippen molar-refractivity contribution in [2.24, 2.45) is 11.8 Å². The standard InChI is InChI=1S/C10H19NO/c1-12-10-3-2-8-4-5-11-7-9(8)6-10/h8-11H,2-7H2,1H3. The smallest absolute Gasteiger partial charge is 0.0574 e. The highest BCUT2D eigenvalue weighted by Gasteiger charge is 2.31. The van der Waals surface area contributed by atoms with E-state index in [9.17, 15) is 0 Å². The molecule has 0 aromatic rings. The first kappa shape index (κ1) is 8.52. The summed E-state index contributed by atoms with van der Waals surface area (Å²) in [4.78, 5) is 0. The van der Waals surface area contributed by atoms with Crippen LogP contribution in [0.15, 0.2) is 0 Å². The maximum absolute atomic E-state index is 5.41. The van der Waals surface area contributed by atoms with Crippen LogP contribution in [0.1, 0.15) is 25.7 Å². The van der Waals surface area contributed by atoms with Crippen molar-refractivity contribution in [3.05, 3.63) is 0 Å². The van der Waals surface area contributed by atoms with Crippen LogP contribution in [-0.2, 0) is 4.74 Å². The number of hydrogen-bond acceptors (Lipinski definition) is 2. The Kier molecular flexibility index (Phi) is 2.66. The third-order valence-corrected chi connectivity index (χ3v) is 3.52. The predicted molar refractivity (Wildman–Crippen MR) is 49.1 cm³/mol. The molecule has 0 spiro atoms. The maximum atomic E-state index is 5.41. The molecule has 0 aromatic heterocycles. The van der Waals surface area contributed by atoms with Gasteiger partial charge in [-0.15, -0.1) is 0 Å². The first-order valence-corrected chi connectivity index (χ1v) is 5.13. The quantitative estimate of drug-likeness (QED) is 0.641. The van der Waals surface area contributed by atoms with Crippen molar-refractivity contribution in [3.8, 4) is 0 Å². The minimum Gasteiger partial charge on any atom is -0.381 e. The summed E-state index contributed by atoms with van der Waals surface area (Å²) in [6.07, 6.45) is 5.91. The normalized spacial score (nSPS) is 42.2. The Hall–Kier alpha value is -0.0800. The van der Waals surface area contributed by atoms with Crippen LogP contribution in [0.2, 0.25) is 0 Å². The molecule has 1 saturated heterocycles. The fourth-order valence-corrected chi connectivity index (χ4v) is 2.70. The molecule has 70 valence electrons. The van der Waals surface area contributed by atoms with Crippen LogP contribution in [0, 0.1) is 11.8 Å². The van der Waals surface area contributed by atoms with Crippen molar-refractivity contribution in [2.75, 3.05) is 20.2 Å². The molecule has 2 nitrogen and oxygen atoms in total. The van der Waals surface area contributed by atoms with E-state index < -0.39 is 0 Å². The van der Waals surface area contributed by atoms with Crippen molar-refractivity contribution in [2.45, 2.75) is 31.8 Å². The molecule has 2 heteroatoms. The predicted octanol–water partition coefficient (Wildman–Crippen LogP) is 1.41. The molecule has 0 aromatic carbocycles. The first-order valence-electron chi connectivity index (χ1n) is 5.13. The first-order chi connectivity index (χ1) is 5.90. The van der Waals surface area contributed by atoms with Crippen molar-refractivity contribution >= 4 is 0 Å².